The summed E-state index contributed by atoms with van der Waals surface area (Å²) in [6.45, 7) is 6.96. The quantitative estimate of drug-likeness (QED) is 0.637. The van der Waals surface area contributed by atoms with Crippen LogP contribution in [0.3, 0.4) is 0 Å². The molecule has 2 heterocycles. The Morgan fingerprint density at radius 3 is 3.05 bits per heavy atom. The number of nitrogens with one attached hydrogen (secondary N) is 2. The number of rotatable bonds is 5. The molecule has 1 fully saturated rings. The molecule has 1 aromatic rings. The molecule has 1 atom stereocenters. The summed E-state index contributed by atoms with van der Waals surface area (Å²) in [4.78, 5) is 11.3. The van der Waals surface area contributed by atoms with E-state index < -0.39 is 0 Å². The summed E-state index contributed by atoms with van der Waals surface area (Å²) in [6.07, 6.45) is 4.41. The van der Waals surface area contributed by atoms with Gasteiger partial charge in [-0.1, -0.05) is 6.07 Å². The lowest BCUT2D eigenvalue weighted by Crippen LogP contribution is -2.43. The van der Waals surface area contributed by atoms with Crippen LogP contribution >= 0.6 is 0 Å². The highest BCUT2D eigenvalue weighted by Crippen LogP contribution is 2.13. The van der Waals surface area contributed by atoms with Gasteiger partial charge in [-0.2, -0.15) is 0 Å². The van der Waals surface area contributed by atoms with Crippen molar-refractivity contribution < 1.29 is 0 Å². The van der Waals surface area contributed by atoms with Gasteiger partial charge in [0.25, 0.3) is 0 Å². The van der Waals surface area contributed by atoms with Gasteiger partial charge in [0.1, 0.15) is 0 Å². The second-order valence-corrected chi connectivity index (χ2v) is 5.67. The highest BCUT2D eigenvalue weighted by Gasteiger charge is 2.17. The van der Waals surface area contributed by atoms with Crippen LogP contribution in [0.25, 0.3) is 0 Å². The fourth-order valence-electron chi connectivity index (χ4n) is 2.67. The maximum absolute atomic E-state index is 4.61. The molecule has 1 aliphatic heterocycles. The van der Waals surface area contributed by atoms with Crippen molar-refractivity contribution in [3.8, 4) is 0 Å². The number of nitrogens with zero attached hydrogens (tertiary/aromatic N) is 3. The van der Waals surface area contributed by atoms with E-state index in [0.717, 1.165) is 24.7 Å². The fourth-order valence-corrected chi connectivity index (χ4v) is 2.67. The third kappa shape index (κ3) is 5.71. The molecule has 0 spiro atoms. The molecule has 1 aliphatic rings. The monoisotopic (exact) mass is 289 g/mol. The lowest BCUT2D eigenvalue weighted by Gasteiger charge is -2.30. The topological polar surface area (TPSA) is 52.6 Å². The Labute approximate surface area is 127 Å². The van der Waals surface area contributed by atoms with Crippen molar-refractivity contribution in [2.24, 2.45) is 10.9 Å². The summed E-state index contributed by atoms with van der Waals surface area (Å²) in [5, 5.41) is 6.77. The van der Waals surface area contributed by atoms with Crippen LogP contribution in [0, 0.1) is 5.92 Å². The summed E-state index contributed by atoms with van der Waals surface area (Å²) in [5.74, 6) is 1.60. The molecular formula is C16H27N5. The van der Waals surface area contributed by atoms with Crippen LogP contribution in [0.5, 0.6) is 0 Å². The molecule has 0 bridgehead atoms. The molecule has 1 saturated heterocycles. The first-order chi connectivity index (χ1) is 10.3. The molecular weight excluding hydrogens is 262 g/mol. The molecule has 5 heteroatoms. The normalized spacial score (nSPS) is 20.3. The number of guanidine groups is 1. The minimum atomic E-state index is 0.612. The highest BCUT2D eigenvalue weighted by molar-refractivity contribution is 5.79. The molecule has 0 amide bonds. The van der Waals surface area contributed by atoms with Crippen molar-refractivity contribution in [1.29, 1.82) is 0 Å². The zero-order chi connectivity index (χ0) is 14.9. The van der Waals surface area contributed by atoms with Gasteiger partial charge in [0.2, 0.25) is 0 Å². The van der Waals surface area contributed by atoms with Crippen molar-refractivity contribution in [1.82, 2.24) is 20.5 Å². The number of piperidine rings is 1. The molecule has 21 heavy (non-hydrogen) atoms. The molecule has 1 unspecified atom stereocenters. The molecule has 1 aromatic heterocycles. The van der Waals surface area contributed by atoms with Crippen LogP contribution in [0.2, 0.25) is 0 Å². The zero-order valence-electron chi connectivity index (χ0n) is 13.2. The standard InChI is InChI=1S/C16H27N5/c1-3-17-16(20-12-15-8-4-5-9-18-15)19-11-14-7-6-10-21(2)13-14/h4-5,8-9,14H,3,6-7,10-13H2,1-2H3,(H2,17,19,20). The predicted molar refractivity (Wildman–Crippen MR) is 87.3 cm³/mol. The van der Waals surface area contributed by atoms with Crippen molar-refractivity contribution in [2.75, 3.05) is 33.2 Å². The average molecular weight is 289 g/mol. The van der Waals surface area contributed by atoms with Gasteiger partial charge in [0.05, 0.1) is 12.2 Å². The molecule has 0 aromatic carbocycles. The summed E-state index contributed by atoms with van der Waals surface area (Å²) in [5.41, 5.74) is 0.993. The maximum atomic E-state index is 4.61. The van der Waals surface area contributed by atoms with Crippen LogP contribution < -0.4 is 10.6 Å². The Morgan fingerprint density at radius 1 is 1.43 bits per heavy atom. The number of hydrogen-bond donors (Lipinski definition) is 2. The van der Waals surface area contributed by atoms with E-state index >= 15 is 0 Å². The van der Waals surface area contributed by atoms with Crippen molar-refractivity contribution in [2.45, 2.75) is 26.3 Å². The van der Waals surface area contributed by atoms with E-state index in [1.165, 1.54) is 25.9 Å². The van der Waals surface area contributed by atoms with Crippen LogP contribution in [0.4, 0.5) is 0 Å². The van der Waals surface area contributed by atoms with Crippen molar-refractivity contribution >= 4 is 5.96 Å². The van der Waals surface area contributed by atoms with Crippen molar-refractivity contribution in [3.63, 3.8) is 0 Å². The molecule has 0 aliphatic carbocycles. The Kier molecular flexibility index (Phi) is 6.47. The largest absolute Gasteiger partial charge is 0.357 e. The van der Waals surface area contributed by atoms with Gasteiger partial charge in [0.15, 0.2) is 5.96 Å². The fraction of sp³-hybridized carbons (Fsp3) is 0.625. The number of likely N-dealkylation sites (tertiary alicyclic amines) is 1. The van der Waals surface area contributed by atoms with Gasteiger partial charge in [0, 0.05) is 25.8 Å². The van der Waals surface area contributed by atoms with Crippen LogP contribution in [0.1, 0.15) is 25.5 Å². The first kappa shape index (κ1) is 15.8. The van der Waals surface area contributed by atoms with Crippen LogP contribution in [-0.4, -0.2) is 49.1 Å². The van der Waals surface area contributed by atoms with Gasteiger partial charge in [-0.15, -0.1) is 0 Å². The number of hydrogen-bond acceptors (Lipinski definition) is 3. The minimum absolute atomic E-state index is 0.612. The molecule has 5 nitrogen and oxygen atoms in total. The zero-order valence-corrected chi connectivity index (χ0v) is 13.2. The molecule has 0 saturated carbocycles. The van der Waals surface area contributed by atoms with Gasteiger partial charge in [-0.3, -0.25) is 4.98 Å². The summed E-state index contributed by atoms with van der Waals surface area (Å²) < 4.78 is 0. The van der Waals surface area contributed by atoms with E-state index in [0.29, 0.717) is 12.5 Å². The van der Waals surface area contributed by atoms with E-state index in [-0.39, 0.29) is 0 Å². The van der Waals surface area contributed by atoms with Crippen molar-refractivity contribution in [3.05, 3.63) is 30.1 Å². The number of pyridine rings is 1. The Bertz CT molecular complexity index is 432. The highest BCUT2D eigenvalue weighted by atomic mass is 15.2. The predicted octanol–water partition coefficient (Wildman–Crippen LogP) is 1.48. The van der Waals surface area contributed by atoms with E-state index in [4.69, 9.17) is 0 Å². The molecule has 116 valence electrons. The SMILES string of the molecule is CCNC(=NCc1ccccn1)NCC1CCCN(C)C1. The second-order valence-electron chi connectivity index (χ2n) is 5.67. The van der Waals surface area contributed by atoms with Gasteiger partial charge in [-0.05, 0) is 51.4 Å². The Morgan fingerprint density at radius 2 is 2.33 bits per heavy atom. The third-order valence-corrected chi connectivity index (χ3v) is 3.75. The van der Waals surface area contributed by atoms with E-state index in [2.05, 4.69) is 39.5 Å². The summed E-state index contributed by atoms with van der Waals surface area (Å²) in [6, 6.07) is 5.93. The Hall–Kier alpha value is -1.62. The van der Waals surface area contributed by atoms with Gasteiger partial charge >= 0.3 is 0 Å². The molecule has 2 rings (SSSR count). The maximum Gasteiger partial charge on any atom is 0.191 e. The summed E-state index contributed by atoms with van der Waals surface area (Å²) >= 11 is 0. The number of aliphatic imine (C=N–C) groups is 1. The van der Waals surface area contributed by atoms with E-state index in [1.54, 1.807) is 0 Å². The van der Waals surface area contributed by atoms with Gasteiger partial charge < -0.3 is 15.5 Å². The first-order valence-corrected chi connectivity index (χ1v) is 7.88. The van der Waals surface area contributed by atoms with E-state index in [9.17, 15) is 0 Å². The smallest absolute Gasteiger partial charge is 0.191 e. The first-order valence-electron chi connectivity index (χ1n) is 7.88. The Balaban J connectivity index is 1.83. The molecule has 2 N–H and O–H groups in total. The number of aromatic nitrogens is 1. The van der Waals surface area contributed by atoms with E-state index in [1.807, 2.05) is 24.4 Å². The lowest BCUT2D eigenvalue weighted by atomic mass is 9.99. The van der Waals surface area contributed by atoms with Crippen LogP contribution in [0.15, 0.2) is 29.4 Å². The summed E-state index contributed by atoms with van der Waals surface area (Å²) in [7, 11) is 2.20. The minimum Gasteiger partial charge on any atom is -0.357 e. The van der Waals surface area contributed by atoms with Gasteiger partial charge in [-0.25, -0.2) is 4.99 Å². The lowest BCUT2D eigenvalue weighted by molar-refractivity contribution is 0.210. The third-order valence-electron chi connectivity index (χ3n) is 3.75. The molecule has 0 radical (unpaired) electrons. The van der Waals surface area contributed by atoms with Crippen LogP contribution in [-0.2, 0) is 6.54 Å². The second kappa shape index (κ2) is 8.62. The average Bonchev–Trinajstić information content (AvgIpc) is 2.51.